The number of nitrogens with one attached hydrogen (secondary N) is 3. The third kappa shape index (κ3) is 10.8. The summed E-state index contributed by atoms with van der Waals surface area (Å²) < 4.78 is 0. The molecular formula is C20H37N5O6. The van der Waals surface area contributed by atoms with Crippen LogP contribution in [-0.4, -0.2) is 58.9 Å². The summed E-state index contributed by atoms with van der Waals surface area (Å²) in [6.45, 7) is 8.75. The quantitative estimate of drug-likeness (QED) is 0.203. The van der Waals surface area contributed by atoms with E-state index in [0.29, 0.717) is 6.42 Å². The van der Waals surface area contributed by atoms with Gasteiger partial charge in [0.15, 0.2) is 0 Å². The SMILES string of the molecule is CCC(C)C(N)C(=O)NC(C)C(=O)NC(CCC(N)=O)C(=O)NC(CC(C)C)C(=O)O. The monoisotopic (exact) mass is 443 g/mol. The molecule has 0 bridgehead atoms. The first-order valence-electron chi connectivity index (χ1n) is 10.5. The lowest BCUT2D eigenvalue weighted by atomic mass is 9.99. The smallest absolute Gasteiger partial charge is 0.326 e. The van der Waals surface area contributed by atoms with Gasteiger partial charge in [0.25, 0.3) is 0 Å². The maximum absolute atomic E-state index is 12.6. The number of carbonyl (C=O) groups excluding carboxylic acids is 4. The lowest BCUT2D eigenvalue weighted by Crippen LogP contribution is -2.57. The number of rotatable bonds is 14. The Morgan fingerprint density at radius 2 is 1.42 bits per heavy atom. The van der Waals surface area contributed by atoms with Gasteiger partial charge in [-0.2, -0.15) is 0 Å². The number of nitrogens with two attached hydrogens (primary N) is 2. The highest BCUT2D eigenvalue weighted by Crippen LogP contribution is 2.08. The van der Waals surface area contributed by atoms with Crippen LogP contribution in [0.4, 0.5) is 0 Å². The summed E-state index contributed by atoms with van der Waals surface area (Å²) in [5, 5.41) is 16.7. The Morgan fingerprint density at radius 3 is 1.87 bits per heavy atom. The van der Waals surface area contributed by atoms with Gasteiger partial charge in [-0.05, 0) is 31.6 Å². The van der Waals surface area contributed by atoms with Crippen molar-refractivity contribution in [3.8, 4) is 0 Å². The Kier molecular flexibility index (Phi) is 12.4. The molecule has 0 heterocycles. The second-order valence-corrected chi connectivity index (χ2v) is 8.24. The van der Waals surface area contributed by atoms with E-state index in [0.717, 1.165) is 0 Å². The first kappa shape index (κ1) is 28.3. The molecule has 0 saturated heterocycles. The molecule has 0 aromatic heterocycles. The third-order valence-corrected chi connectivity index (χ3v) is 4.95. The number of hydrogen-bond acceptors (Lipinski definition) is 6. The van der Waals surface area contributed by atoms with Gasteiger partial charge >= 0.3 is 5.97 Å². The summed E-state index contributed by atoms with van der Waals surface area (Å²) in [5.74, 6) is -3.89. The summed E-state index contributed by atoms with van der Waals surface area (Å²) in [5.41, 5.74) is 11.0. The van der Waals surface area contributed by atoms with Crippen LogP contribution in [0.2, 0.25) is 0 Å². The average molecular weight is 444 g/mol. The van der Waals surface area contributed by atoms with E-state index in [1.54, 1.807) is 0 Å². The van der Waals surface area contributed by atoms with Gasteiger partial charge in [-0.25, -0.2) is 4.79 Å². The highest BCUT2D eigenvalue weighted by Gasteiger charge is 2.29. The molecule has 0 aromatic carbocycles. The van der Waals surface area contributed by atoms with Crippen molar-refractivity contribution in [2.75, 3.05) is 0 Å². The van der Waals surface area contributed by atoms with Crippen LogP contribution in [0.5, 0.6) is 0 Å². The lowest BCUT2D eigenvalue weighted by Gasteiger charge is -2.24. The van der Waals surface area contributed by atoms with E-state index in [2.05, 4.69) is 16.0 Å². The van der Waals surface area contributed by atoms with Gasteiger partial charge in [-0.1, -0.05) is 34.1 Å². The van der Waals surface area contributed by atoms with Gasteiger partial charge in [-0.15, -0.1) is 0 Å². The molecule has 0 aliphatic heterocycles. The predicted octanol–water partition coefficient (Wildman–Crippen LogP) is -0.770. The van der Waals surface area contributed by atoms with Crippen molar-refractivity contribution in [2.24, 2.45) is 23.3 Å². The maximum Gasteiger partial charge on any atom is 0.326 e. The summed E-state index contributed by atoms with van der Waals surface area (Å²) in [4.78, 5) is 59.9. The number of carboxylic acid groups (broad SMARTS) is 1. The van der Waals surface area contributed by atoms with E-state index in [9.17, 15) is 29.1 Å². The summed E-state index contributed by atoms with van der Waals surface area (Å²) in [7, 11) is 0. The first-order valence-corrected chi connectivity index (χ1v) is 10.5. The highest BCUT2D eigenvalue weighted by atomic mass is 16.4. The van der Waals surface area contributed by atoms with Crippen LogP contribution in [0.15, 0.2) is 0 Å². The van der Waals surface area contributed by atoms with E-state index >= 15 is 0 Å². The Hall–Kier alpha value is -2.69. The molecule has 178 valence electrons. The zero-order chi connectivity index (χ0) is 24.3. The molecule has 0 aliphatic rings. The van der Waals surface area contributed by atoms with Crippen molar-refractivity contribution >= 4 is 29.6 Å². The number of aliphatic carboxylic acids is 1. The largest absolute Gasteiger partial charge is 0.480 e. The molecule has 11 nitrogen and oxygen atoms in total. The molecule has 0 radical (unpaired) electrons. The second-order valence-electron chi connectivity index (χ2n) is 8.24. The normalized spacial score (nSPS) is 15.8. The molecule has 0 aromatic rings. The van der Waals surface area contributed by atoms with E-state index in [1.807, 2.05) is 27.7 Å². The van der Waals surface area contributed by atoms with Gasteiger partial charge in [0.05, 0.1) is 6.04 Å². The van der Waals surface area contributed by atoms with E-state index in [-0.39, 0.29) is 31.1 Å². The topological polar surface area (TPSA) is 194 Å². The summed E-state index contributed by atoms with van der Waals surface area (Å²) in [6.07, 6.45) is 0.567. The zero-order valence-corrected chi connectivity index (χ0v) is 18.9. The molecule has 5 atom stereocenters. The molecule has 5 unspecified atom stereocenters. The Morgan fingerprint density at radius 1 is 0.871 bits per heavy atom. The molecule has 8 N–H and O–H groups in total. The van der Waals surface area contributed by atoms with Crippen molar-refractivity contribution in [2.45, 2.75) is 84.5 Å². The summed E-state index contributed by atoms with van der Waals surface area (Å²) >= 11 is 0. The molecule has 11 heteroatoms. The van der Waals surface area contributed by atoms with Crippen LogP contribution in [0.3, 0.4) is 0 Å². The Balaban J connectivity index is 5.21. The maximum atomic E-state index is 12.6. The van der Waals surface area contributed by atoms with Crippen molar-refractivity contribution in [1.29, 1.82) is 0 Å². The highest BCUT2D eigenvalue weighted by molar-refractivity contribution is 5.94. The number of hydrogen-bond donors (Lipinski definition) is 6. The van der Waals surface area contributed by atoms with Crippen molar-refractivity contribution in [1.82, 2.24) is 16.0 Å². The molecular weight excluding hydrogens is 406 g/mol. The molecule has 0 saturated carbocycles. The van der Waals surface area contributed by atoms with Gasteiger partial charge in [0, 0.05) is 6.42 Å². The second kappa shape index (κ2) is 13.6. The fraction of sp³-hybridized carbons (Fsp3) is 0.750. The minimum atomic E-state index is -1.21. The molecule has 0 fully saturated rings. The summed E-state index contributed by atoms with van der Waals surface area (Å²) in [6, 6.07) is -4.14. The predicted molar refractivity (Wildman–Crippen MR) is 114 cm³/mol. The van der Waals surface area contributed by atoms with Crippen molar-refractivity contribution < 1.29 is 29.1 Å². The Labute approximate surface area is 183 Å². The van der Waals surface area contributed by atoms with Gasteiger partial charge in [0.2, 0.25) is 23.6 Å². The number of carboxylic acids is 1. The molecule has 0 spiro atoms. The molecule has 31 heavy (non-hydrogen) atoms. The van der Waals surface area contributed by atoms with Crippen LogP contribution in [-0.2, 0) is 24.0 Å². The molecule has 0 rings (SSSR count). The fourth-order valence-corrected chi connectivity index (χ4v) is 2.70. The van der Waals surface area contributed by atoms with E-state index < -0.39 is 53.8 Å². The van der Waals surface area contributed by atoms with Crippen LogP contribution in [0.25, 0.3) is 0 Å². The minimum Gasteiger partial charge on any atom is -0.480 e. The van der Waals surface area contributed by atoms with Gasteiger partial charge < -0.3 is 32.5 Å². The van der Waals surface area contributed by atoms with Crippen LogP contribution < -0.4 is 27.4 Å². The number of amides is 4. The third-order valence-electron chi connectivity index (χ3n) is 4.95. The zero-order valence-electron chi connectivity index (χ0n) is 18.9. The standard InChI is InChI=1S/C20H37N5O6/c1-6-11(4)16(22)19(29)23-12(5)17(27)24-13(7-8-15(21)26)18(28)25-14(20(30)31)9-10(2)3/h10-14,16H,6-9,22H2,1-5H3,(H2,21,26)(H,23,29)(H,24,27)(H,25,28)(H,30,31). The first-order chi connectivity index (χ1) is 14.3. The van der Waals surface area contributed by atoms with Gasteiger partial charge in [-0.3, -0.25) is 19.2 Å². The van der Waals surface area contributed by atoms with Crippen LogP contribution in [0, 0.1) is 11.8 Å². The van der Waals surface area contributed by atoms with E-state index in [1.165, 1.54) is 6.92 Å². The fourth-order valence-electron chi connectivity index (χ4n) is 2.70. The number of primary amides is 1. The van der Waals surface area contributed by atoms with Crippen molar-refractivity contribution in [3.63, 3.8) is 0 Å². The Bertz CT molecular complexity index is 654. The van der Waals surface area contributed by atoms with Crippen LogP contribution in [0.1, 0.15) is 60.3 Å². The molecule has 0 aliphatic carbocycles. The van der Waals surface area contributed by atoms with E-state index in [4.69, 9.17) is 11.5 Å². The molecule has 4 amide bonds. The average Bonchev–Trinajstić information content (AvgIpc) is 2.68. The van der Waals surface area contributed by atoms with Crippen molar-refractivity contribution in [3.05, 3.63) is 0 Å². The lowest BCUT2D eigenvalue weighted by molar-refractivity contribution is -0.143. The van der Waals surface area contributed by atoms with Gasteiger partial charge in [0.1, 0.15) is 18.1 Å². The number of carbonyl (C=O) groups is 5. The minimum absolute atomic E-state index is 0.00464. The van der Waals surface area contributed by atoms with Crippen LogP contribution >= 0.6 is 0 Å².